The zero-order valence-electron chi connectivity index (χ0n) is 12.0. The van der Waals surface area contributed by atoms with E-state index < -0.39 is 0 Å². The average molecular weight is 283 g/mol. The Morgan fingerprint density at radius 1 is 1.53 bits per heavy atom. The molecule has 2 rings (SSSR count). The second-order valence-electron chi connectivity index (χ2n) is 5.28. The van der Waals surface area contributed by atoms with Crippen molar-refractivity contribution >= 4 is 17.4 Å². The van der Waals surface area contributed by atoms with Crippen LogP contribution in [0, 0.1) is 0 Å². The average Bonchev–Trinajstić information content (AvgIpc) is 2.86. The Labute approximate surface area is 120 Å². The molecule has 1 aliphatic rings. The van der Waals surface area contributed by atoms with Gasteiger partial charge in [-0.25, -0.2) is 4.98 Å². The lowest BCUT2D eigenvalue weighted by Crippen LogP contribution is -2.31. The van der Waals surface area contributed by atoms with Crippen LogP contribution < -0.4 is 10.2 Å². The summed E-state index contributed by atoms with van der Waals surface area (Å²) in [7, 11) is 4.26. The van der Waals surface area contributed by atoms with E-state index in [1.807, 2.05) is 12.3 Å². The number of nitrogens with zero attached hydrogens (tertiary/aromatic N) is 3. The Bertz CT molecular complexity index is 422. The predicted molar refractivity (Wildman–Crippen MR) is 80.9 cm³/mol. The van der Waals surface area contributed by atoms with Gasteiger partial charge in [-0.3, -0.25) is 0 Å². The lowest BCUT2D eigenvalue weighted by atomic mass is 10.2. The number of likely N-dealkylation sites (N-methyl/N-ethyl adjacent to an activating group) is 1. The van der Waals surface area contributed by atoms with Gasteiger partial charge in [0.1, 0.15) is 5.82 Å². The number of hydrogen-bond acceptors (Lipinski definition) is 4. The van der Waals surface area contributed by atoms with Crippen LogP contribution in [-0.2, 0) is 6.54 Å². The summed E-state index contributed by atoms with van der Waals surface area (Å²) in [6, 6.07) is 2.62. The molecular formula is C14H23ClN4. The van der Waals surface area contributed by atoms with Crippen LogP contribution in [0.25, 0.3) is 0 Å². The molecule has 106 valence electrons. The van der Waals surface area contributed by atoms with Gasteiger partial charge in [0.25, 0.3) is 0 Å². The molecule has 0 bridgehead atoms. The fraction of sp³-hybridized carbons (Fsp3) is 0.643. The highest BCUT2D eigenvalue weighted by atomic mass is 35.5. The molecule has 1 N–H and O–H groups in total. The van der Waals surface area contributed by atoms with Crippen molar-refractivity contribution in [3.05, 3.63) is 22.8 Å². The summed E-state index contributed by atoms with van der Waals surface area (Å²) in [5.74, 6) is 0.922. The van der Waals surface area contributed by atoms with Gasteiger partial charge >= 0.3 is 0 Å². The third-order valence-electron chi connectivity index (χ3n) is 3.65. The lowest BCUT2D eigenvalue weighted by molar-refractivity contribution is 0.315. The van der Waals surface area contributed by atoms with E-state index in [0.717, 1.165) is 42.6 Å². The van der Waals surface area contributed by atoms with E-state index in [2.05, 4.69) is 41.1 Å². The van der Waals surface area contributed by atoms with Crippen molar-refractivity contribution in [1.82, 2.24) is 15.2 Å². The maximum absolute atomic E-state index is 6.37. The first-order valence-electron chi connectivity index (χ1n) is 6.88. The van der Waals surface area contributed by atoms with Crippen molar-refractivity contribution in [1.29, 1.82) is 0 Å². The standard InChI is InChI=1S/C14H23ClN4/c1-4-16-8-11-7-13(15)14(17-9-11)19-6-5-12(10-19)18(2)3/h7,9,12,16H,4-6,8,10H2,1-3H3. The summed E-state index contributed by atoms with van der Waals surface area (Å²) in [6.45, 7) is 5.91. The molecule has 0 saturated carbocycles. The smallest absolute Gasteiger partial charge is 0.147 e. The predicted octanol–water partition coefficient (Wildman–Crippen LogP) is 1.98. The van der Waals surface area contributed by atoms with Gasteiger partial charge in [-0.05, 0) is 38.7 Å². The van der Waals surface area contributed by atoms with Crippen molar-refractivity contribution in [2.75, 3.05) is 38.6 Å². The molecule has 1 aromatic heterocycles. The van der Waals surface area contributed by atoms with Gasteiger partial charge in [-0.15, -0.1) is 0 Å². The van der Waals surface area contributed by atoms with E-state index in [0.29, 0.717) is 6.04 Å². The molecule has 0 aromatic carbocycles. The quantitative estimate of drug-likeness (QED) is 0.895. The topological polar surface area (TPSA) is 31.4 Å². The lowest BCUT2D eigenvalue weighted by Gasteiger charge is -2.22. The maximum atomic E-state index is 6.37. The third kappa shape index (κ3) is 3.59. The van der Waals surface area contributed by atoms with Crippen LogP contribution in [0.1, 0.15) is 18.9 Å². The van der Waals surface area contributed by atoms with Gasteiger partial charge < -0.3 is 15.1 Å². The van der Waals surface area contributed by atoms with Gasteiger partial charge in [0.05, 0.1) is 5.02 Å². The molecule has 5 heteroatoms. The fourth-order valence-electron chi connectivity index (χ4n) is 2.42. The minimum absolute atomic E-state index is 0.597. The van der Waals surface area contributed by atoms with E-state index in [-0.39, 0.29) is 0 Å². The summed E-state index contributed by atoms with van der Waals surface area (Å²) in [5.41, 5.74) is 1.14. The molecule has 19 heavy (non-hydrogen) atoms. The zero-order valence-corrected chi connectivity index (χ0v) is 12.7. The fourth-order valence-corrected chi connectivity index (χ4v) is 2.73. The van der Waals surface area contributed by atoms with Crippen molar-refractivity contribution in [3.63, 3.8) is 0 Å². The molecular weight excluding hydrogens is 260 g/mol. The first-order valence-corrected chi connectivity index (χ1v) is 7.26. The maximum Gasteiger partial charge on any atom is 0.147 e. The molecule has 1 aromatic rings. The van der Waals surface area contributed by atoms with Crippen LogP contribution in [0.15, 0.2) is 12.3 Å². The molecule has 2 heterocycles. The highest BCUT2D eigenvalue weighted by molar-refractivity contribution is 6.33. The number of halogens is 1. The first kappa shape index (κ1) is 14.6. The number of rotatable bonds is 5. The molecule has 0 aliphatic carbocycles. The highest BCUT2D eigenvalue weighted by Gasteiger charge is 2.26. The molecule has 1 atom stereocenters. The van der Waals surface area contributed by atoms with Crippen LogP contribution in [0.2, 0.25) is 5.02 Å². The van der Waals surface area contributed by atoms with E-state index in [4.69, 9.17) is 11.6 Å². The number of pyridine rings is 1. The van der Waals surface area contributed by atoms with E-state index >= 15 is 0 Å². The summed E-state index contributed by atoms with van der Waals surface area (Å²) in [6.07, 6.45) is 3.09. The van der Waals surface area contributed by atoms with E-state index in [9.17, 15) is 0 Å². The molecule has 0 spiro atoms. The number of anilines is 1. The molecule has 1 saturated heterocycles. The van der Waals surface area contributed by atoms with E-state index in [1.165, 1.54) is 6.42 Å². The van der Waals surface area contributed by atoms with Crippen LogP contribution in [0.4, 0.5) is 5.82 Å². The Morgan fingerprint density at radius 2 is 2.32 bits per heavy atom. The molecule has 0 radical (unpaired) electrons. The monoisotopic (exact) mass is 282 g/mol. The summed E-state index contributed by atoms with van der Waals surface area (Å²) in [5, 5.41) is 4.04. The van der Waals surface area contributed by atoms with Crippen molar-refractivity contribution < 1.29 is 0 Å². The van der Waals surface area contributed by atoms with Crippen LogP contribution in [0.3, 0.4) is 0 Å². The summed E-state index contributed by atoms with van der Waals surface area (Å²) < 4.78 is 0. The van der Waals surface area contributed by atoms with Crippen molar-refractivity contribution in [3.8, 4) is 0 Å². The number of nitrogens with one attached hydrogen (secondary N) is 1. The highest BCUT2D eigenvalue weighted by Crippen LogP contribution is 2.28. The third-order valence-corrected chi connectivity index (χ3v) is 3.93. The number of aromatic nitrogens is 1. The van der Waals surface area contributed by atoms with Gasteiger partial charge in [-0.2, -0.15) is 0 Å². The largest absolute Gasteiger partial charge is 0.354 e. The van der Waals surface area contributed by atoms with Crippen molar-refractivity contribution in [2.24, 2.45) is 0 Å². The SMILES string of the molecule is CCNCc1cnc(N2CCC(N(C)C)C2)c(Cl)c1. The number of hydrogen-bond donors (Lipinski definition) is 1. The minimum Gasteiger partial charge on any atom is -0.354 e. The Kier molecular flexibility index (Phi) is 5.02. The second-order valence-corrected chi connectivity index (χ2v) is 5.69. The Hall–Kier alpha value is -0.840. The second kappa shape index (κ2) is 6.55. The van der Waals surface area contributed by atoms with Crippen LogP contribution in [0.5, 0.6) is 0 Å². The minimum atomic E-state index is 0.597. The Morgan fingerprint density at radius 3 is 2.89 bits per heavy atom. The molecule has 1 aliphatic heterocycles. The van der Waals surface area contributed by atoms with Gasteiger partial charge in [0.15, 0.2) is 0 Å². The van der Waals surface area contributed by atoms with Gasteiger partial charge in [0, 0.05) is 31.9 Å². The molecule has 1 fully saturated rings. The van der Waals surface area contributed by atoms with Crippen molar-refractivity contribution in [2.45, 2.75) is 25.9 Å². The van der Waals surface area contributed by atoms with Gasteiger partial charge in [-0.1, -0.05) is 18.5 Å². The molecule has 0 amide bonds. The van der Waals surface area contributed by atoms with Crippen LogP contribution >= 0.6 is 11.6 Å². The zero-order chi connectivity index (χ0) is 13.8. The van der Waals surface area contributed by atoms with Crippen LogP contribution in [-0.4, -0.2) is 49.7 Å². The molecule has 1 unspecified atom stereocenters. The summed E-state index contributed by atoms with van der Waals surface area (Å²) >= 11 is 6.37. The Balaban J connectivity index is 2.05. The summed E-state index contributed by atoms with van der Waals surface area (Å²) in [4.78, 5) is 9.10. The normalized spacial score (nSPS) is 19.4. The first-order chi connectivity index (χ1) is 9.11. The van der Waals surface area contributed by atoms with Gasteiger partial charge in [0.2, 0.25) is 0 Å². The van der Waals surface area contributed by atoms with E-state index in [1.54, 1.807) is 0 Å². The molecule has 4 nitrogen and oxygen atoms in total.